The van der Waals surface area contributed by atoms with Crippen LogP contribution in [0.5, 0.6) is 0 Å². The second-order valence-corrected chi connectivity index (χ2v) is 12.1. The maximum Gasteiger partial charge on any atom is 0.296 e. The average molecular weight is 553 g/mol. The van der Waals surface area contributed by atoms with Gasteiger partial charge in [-0.1, -0.05) is 33.6 Å². The molecular weight excluding hydrogens is 528 g/mol. The van der Waals surface area contributed by atoms with E-state index in [1.165, 1.54) is 0 Å². The number of halogens is 1. The number of nitrogens with zero attached hydrogens (tertiary/aromatic N) is 4. The number of aryl methyl sites for hydroxylation is 1. The molecule has 9 heteroatoms. The molecule has 2 heterocycles. The van der Waals surface area contributed by atoms with Gasteiger partial charge in [-0.2, -0.15) is 13.5 Å². The van der Waals surface area contributed by atoms with Crippen molar-refractivity contribution in [3.05, 3.63) is 70.6 Å². The predicted octanol–water partition coefficient (Wildman–Crippen LogP) is 5.80. The Labute approximate surface area is 212 Å². The molecule has 0 saturated heterocycles. The third kappa shape index (κ3) is 4.64. The largest absolute Gasteiger partial charge is 0.296 e. The normalized spacial score (nSPS) is 20.2. The molecule has 0 unspecified atom stereocenters. The van der Waals surface area contributed by atoms with E-state index in [1.54, 1.807) is 24.3 Å². The molecule has 0 N–H and O–H groups in total. The maximum absolute atomic E-state index is 12.5. The first-order chi connectivity index (χ1) is 16.9. The Bertz CT molecular complexity index is 1510. The molecule has 7 nitrogen and oxygen atoms in total. The molecule has 180 valence electrons. The number of hydrogen-bond donors (Lipinski definition) is 0. The highest BCUT2D eigenvalue weighted by atomic mass is 79.9. The lowest BCUT2D eigenvalue weighted by molar-refractivity contribution is 0.120. The zero-order valence-electron chi connectivity index (χ0n) is 19.3. The van der Waals surface area contributed by atoms with Crippen molar-refractivity contribution in [1.82, 2.24) is 19.7 Å². The van der Waals surface area contributed by atoms with Gasteiger partial charge in [-0.15, -0.1) is 0 Å². The highest BCUT2D eigenvalue weighted by Crippen LogP contribution is 2.45. The van der Waals surface area contributed by atoms with Gasteiger partial charge in [0.05, 0.1) is 46.2 Å². The van der Waals surface area contributed by atoms with Crippen molar-refractivity contribution >= 4 is 37.1 Å². The van der Waals surface area contributed by atoms with Crippen LogP contribution in [0, 0.1) is 12.8 Å². The Morgan fingerprint density at radius 3 is 2.60 bits per heavy atom. The van der Waals surface area contributed by atoms with E-state index >= 15 is 0 Å². The van der Waals surface area contributed by atoms with Crippen molar-refractivity contribution in [3.8, 4) is 11.3 Å². The third-order valence-electron chi connectivity index (χ3n) is 6.86. The van der Waals surface area contributed by atoms with Crippen LogP contribution in [-0.2, 0) is 14.3 Å². The molecule has 0 bridgehead atoms. The van der Waals surface area contributed by atoms with Crippen molar-refractivity contribution in [3.63, 3.8) is 0 Å². The summed E-state index contributed by atoms with van der Waals surface area (Å²) in [6.45, 7) is 2.12. The van der Waals surface area contributed by atoms with E-state index in [-0.39, 0.29) is 23.5 Å². The Balaban J connectivity index is 1.15. The molecule has 0 atom stereocenters. The van der Waals surface area contributed by atoms with Crippen LogP contribution >= 0.6 is 15.9 Å². The summed E-state index contributed by atoms with van der Waals surface area (Å²) in [4.78, 5) is 9.67. The molecule has 0 amide bonds. The molecule has 0 radical (unpaired) electrons. The fraction of sp³-hybridized carbons (Fsp3) is 0.346. The summed E-state index contributed by atoms with van der Waals surface area (Å²) >= 11 is 3.49. The summed E-state index contributed by atoms with van der Waals surface area (Å²) < 4.78 is 33.3. The molecule has 0 aliphatic heterocycles. The minimum Gasteiger partial charge on any atom is -0.269 e. The first-order valence-electron chi connectivity index (χ1n) is 11.8. The van der Waals surface area contributed by atoms with Crippen LogP contribution < -0.4 is 0 Å². The molecule has 2 aliphatic carbocycles. The highest BCUT2D eigenvalue weighted by molar-refractivity contribution is 9.10. The first kappa shape index (κ1) is 22.8. The zero-order chi connectivity index (χ0) is 24.2. The maximum atomic E-state index is 12.5. The lowest BCUT2D eigenvalue weighted by Crippen LogP contribution is -2.31. The second-order valence-electron chi connectivity index (χ2n) is 9.61. The molecule has 6 rings (SSSR count). The van der Waals surface area contributed by atoms with Crippen LogP contribution in [0.3, 0.4) is 0 Å². The second kappa shape index (κ2) is 8.80. The Morgan fingerprint density at radius 1 is 1.09 bits per heavy atom. The van der Waals surface area contributed by atoms with Crippen LogP contribution in [0.25, 0.3) is 22.3 Å². The fourth-order valence-electron chi connectivity index (χ4n) is 4.57. The van der Waals surface area contributed by atoms with Crippen LogP contribution in [0.4, 0.5) is 0 Å². The van der Waals surface area contributed by atoms with Crippen LogP contribution in [0.1, 0.15) is 48.9 Å². The van der Waals surface area contributed by atoms with Gasteiger partial charge in [-0.3, -0.25) is 13.8 Å². The minimum atomic E-state index is -3.73. The SMILES string of the molecule is Cc1ccc(S(=O)(=O)OC[C@H]2C[C@H](n3cc(-c4cnc5cc(Br)ccc5n4)c(C4CC4)n3)C2)cc1. The Morgan fingerprint density at radius 2 is 1.86 bits per heavy atom. The molecule has 2 aromatic carbocycles. The van der Waals surface area contributed by atoms with Crippen molar-refractivity contribution in [2.75, 3.05) is 6.61 Å². The monoisotopic (exact) mass is 552 g/mol. The molecule has 2 saturated carbocycles. The third-order valence-corrected chi connectivity index (χ3v) is 8.65. The van der Waals surface area contributed by atoms with Gasteiger partial charge >= 0.3 is 0 Å². The number of aromatic nitrogens is 4. The van der Waals surface area contributed by atoms with Crippen molar-refractivity contribution in [1.29, 1.82) is 0 Å². The van der Waals surface area contributed by atoms with E-state index < -0.39 is 10.1 Å². The number of fused-ring (bicyclic) bond motifs is 1. The van der Waals surface area contributed by atoms with E-state index in [1.807, 2.05) is 36.0 Å². The summed E-state index contributed by atoms with van der Waals surface area (Å²) in [7, 11) is -3.73. The number of rotatable bonds is 7. The van der Waals surface area contributed by atoms with Gasteiger partial charge in [0.1, 0.15) is 0 Å². The van der Waals surface area contributed by atoms with E-state index in [0.29, 0.717) is 5.92 Å². The molecule has 35 heavy (non-hydrogen) atoms. The lowest BCUT2D eigenvalue weighted by atomic mass is 9.81. The van der Waals surface area contributed by atoms with Crippen molar-refractivity contribution < 1.29 is 12.6 Å². The Kier molecular flexibility index (Phi) is 5.74. The summed E-state index contributed by atoms with van der Waals surface area (Å²) in [5.74, 6) is 0.670. The van der Waals surface area contributed by atoms with Crippen LogP contribution in [0.15, 0.2) is 64.2 Å². The highest BCUT2D eigenvalue weighted by Gasteiger charge is 2.36. The van der Waals surface area contributed by atoms with Gasteiger partial charge in [-0.25, -0.2) is 4.98 Å². The lowest BCUT2D eigenvalue weighted by Gasteiger charge is -2.34. The van der Waals surface area contributed by atoms with E-state index in [0.717, 1.165) is 63.7 Å². The molecule has 0 spiro atoms. The molecular formula is C26H25BrN4O3S. The van der Waals surface area contributed by atoms with Crippen LogP contribution in [-0.4, -0.2) is 34.8 Å². The van der Waals surface area contributed by atoms with Gasteiger partial charge < -0.3 is 0 Å². The summed E-state index contributed by atoms with van der Waals surface area (Å²) in [5, 5.41) is 4.95. The number of hydrogen-bond acceptors (Lipinski definition) is 6. The van der Waals surface area contributed by atoms with Gasteiger partial charge in [0, 0.05) is 22.2 Å². The summed E-state index contributed by atoms with van der Waals surface area (Å²) in [6, 6.07) is 12.9. The zero-order valence-corrected chi connectivity index (χ0v) is 21.7. The Hall–Kier alpha value is -2.62. The molecule has 2 aromatic heterocycles. The van der Waals surface area contributed by atoms with E-state index in [4.69, 9.17) is 14.3 Å². The van der Waals surface area contributed by atoms with Crippen LogP contribution in [0.2, 0.25) is 0 Å². The van der Waals surface area contributed by atoms with Crippen molar-refractivity contribution in [2.24, 2.45) is 5.92 Å². The topological polar surface area (TPSA) is 87.0 Å². The van der Waals surface area contributed by atoms with Gasteiger partial charge in [0.2, 0.25) is 0 Å². The summed E-state index contributed by atoms with van der Waals surface area (Å²) in [5.41, 5.74) is 5.71. The smallest absolute Gasteiger partial charge is 0.269 e. The summed E-state index contributed by atoms with van der Waals surface area (Å²) in [6.07, 6.45) is 7.90. The quantitative estimate of drug-likeness (QED) is 0.269. The predicted molar refractivity (Wildman–Crippen MR) is 137 cm³/mol. The fourth-order valence-corrected chi connectivity index (χ4v) is 5.90. The minimum absolute atomic E-state index is 0.191. The first-order valence-corrected chi connectivity index (χ1v) is 14.0. The van der Waals surface area contributed by atoms with Gasteiger partial charge in [-0.05, 0) is 68.9 Å². The van der Waals surface area contributed by atoms with Gasteiger partial charge in [0.25, 0.3) is 10.1 Å². The standard InChI is InChI=1S/C26H25BrN4O3S/c1-16-2-7-21(8-3-16)35(32,33)34-15-17-10-20(11-17)31-14-22(26(30-31)18-4-5-18)25-13-28-24-12-19(27)6-9-23(24)29-25/h2-3,6-9,12-14,17-18,20H,4-5,10-11,15H2,1H3/t17-,20-. The molecule has 2 fully saturated rings. The van der Waals surface area contributed by atoms with E-state index in [2.05, 4.69) is 27.1 Å². The average Bonchev–Trinajstić information content (AvgIpc) is 3.57. The number of benzene rings is 2. The van der Waals surface area contributed by atoms with Crippen molar-refractivity contribution in [2.45, 2.75) is 49.5 Å². The molecule has 2 aliphatic rings. The molecule has 4 aromatic rings. The van der Waals surface area contributed by atoms with E-state index in [9.17, 15) is 8.42 Å². The van der Waals surface area contributed by atoms with Gasteiger partial charge in [0.15, 0.2) is 0 Å².